The largest absolute Gasteiger partial charge is 0.478 e. The Morgan fingerprint density at radius 2 is 2.25 bits per heavy atom. The molecule has 1 aromatic carbocycles. The van der Waals surface area contributed by atoms with Crippen molar-refractivity contribution in [2.45, 2.75) is 19.9 Å². The average Bonchev–Trinajstić information content (AvgIpc) is 3.06. The number of carbonyl (C=O) groups is 1. The van der Waals surface area contributed by atoms with Crippen LogP contribution >= 0.6 is 11.3 Å². The third-order valence-electron chi connectivity index (χ3n) is 3.25. The van der Waals surface area contributed by atoms with E-state index in [-0.39, 0.29) is 0 Å². The molecule has 0 radical (unpaired) electrons. The summed E-state index contributed by atoms with van der Waals surface area (Å²) in [4.78, 5) is 15.6. The second-order valence-corrected chi connectivity index (χ2v) is 5.55. The number of hydrogen-bond acceptors (Lipinski definition) is 3. The van der Waals surface area contributed by atoms with E-state index in [1.165, 1.54) is 0 Å². The minimum absolute atomic E-state index is 0.310. The van der Waals surface area contributed by atoms with E-state index in [1.807, 2.05) is 22.9 Å². The van der Waals surface area contributed by atoms with E-state index in [2.05, 4.69) is 17.3 Å². The average molecular weight is 286 g/mol. The third-order valence-corrected chi connectivity index (χ3v) is 4.30. The number of hydrogen-bond donors (Lipinski definition) is 1. The number of nitrogens with zero attached hydrogens (tertiary/aromatic N) is 2. The molecule has 4 nitrogen and oxygen atoms in total. The molecule has 0 aliphatic heterocycles. The van der Waals surface area contributed by atoms with Gasteiger partial charge in [-0.25, -0.2) is 9.78 Å². The van der Waals surface area contributed by atoms with Crippen LogP contribution in [0.4, 0.5) is 0 Å². The van der Waals surface area contributed by atoms with E-state index in [9.17, 15) is 4.79 Å². The van der Waals surface area contributed by atoms with E-state index in [0.29, 0.717) is 12.1 Å². The highest BCUT2D eigenvalue weighted by Gasteiger charge is 2.08. The molecule has 0 saturated heterocycles. The number of benzene rings is 1. The van der Waals surface area contributed by atoms with Crippen LogP contribution in [0.15, 0.2) is 35.8 Å². The number of fused-ring (bicyclic) bond motifs is 1. The predicted molar refractivity (Wildman–Crippen MR) is 79.5 cm³/mol. The standard InChI is InChI=1S/C15H14N2O2S/c1-2-14-16-12(9-20-14)8-17-6-5-10-3-4-11(15(18)19)7-13(10)17/h3-7,9H,2,8H2,1H3,(H,18,19). The molecule has 2 heterocycles. The maximum absolute atomic E-state index is 11.1. The first-order valence-electron chi connectivity index (χ1n) is 6.43. The van der Waals surface area contributed by atoms with Crippen molar-refractivity contribution < 1.29 is 9.90 Å². The molecular formula is C15H14N2O2S. The van der Waals surface area contributed by atoms with Crippen LogP contribution < -0.4 is 0 Å². The molecule has 1 N–H and O–H groups in total. The SMILES string of the molecule is CCc1nc(Cn2ccc3ccc(C(=O)O)cc32)cs1. The molecule has 0 amide bonds. The molecule has 102 valence electrons. The van der Waals surface area contributed by atoms with E-state index in [1.54, 1.807) is 23.5 Å². The quantitative estimate of drug-likeness (QED) is 0.799. The van der Waals surface area contributed by atoms with Gasteiger partial charge >= 0.3 is 5.97 Å². The monoisotopic (exact) mass is 286 g/mol. The molecule has 0 fully saturated rings. The van der Waals surface area contributed by atoms with E-state index in [4.69, 9.17) is 5.11 Å². The Labute approximate surface area is 120 Å². The van der Waals surface area contributed by atoms with Crippen LogP contribution in [0.25, 0.3) is 10.9 Å². The van der Waals surface area contributed by atoms with Crippen molar-refractivity contribution in [1.82, 2.24) is 9.55 Å². The summed E-state index contributed by atoms with van der Waals surface area (Å²) in [5.41, 5.74) is 2.26. The molecule has 2 aromatic heterocycles. The Morgan fingerprint density at radius 1 is 1.40 bits per heavy atom. The van der Waals surface area contributed by atoms with Crippen LogP contribution in [0, 0.1) is 0 Å². The summed E-state index contributed by atoms with van der Waals surface area (Å²) in [7, 11) is 0. The molecule has 3 rings (SSSR count). The minimum atomic E-state index is -0.901. The first kappa shape index (κ1) is 12.9. The normalized spacial score (nSPS) is 11.1. The molecule has 0 atom stereocenters. The second-order valence-electron chi connectivity index (χ2n) is 4.61. The molecule has 0 saturated carbocycles. The lowest BCUT2D eigenvalue weighted by Crippen LogP contribution is -2.00. The maximum atomic E-state index is 11.1. The smallest absolute Gasteiger partial charge is 0.335 e. The van der Waals surface area contributed by atoms with Gasteiger partial charge in [-0.1, -0.05) is 13.0 Å². The van der Waals surface area contributed by atoms with Crippen molar-refractivity contribution in [1.29, 1.82) is 0 Å². The summed E-state index contributed by atoms with van der Waals surface area (Å²) in [6, 6.07) is 7.18. The van der Waals surface area contributed by atoms with Crippen LogP contribution in [-0.2, 0) is 13.0 Å². The van der Waals surface area contributed by atoms with Gasteiger partial charge in [-0.3, -0.25) is 0 Å². The molecule has 0 spiro atoms. The summed E-state index contributed by atoms with van der Waals surface area (Å²) in [6.45, 7) is 2.76. The molecular weight excluding hydrogens is 272 g/mol. The van der Waals surface area contributed by atoms with Gasteiger partial charge in [0.25, 0.3) is 0 Å². The van der Waals surface area contributed by atoms with Gasteiger partial charge in [-0.15, -0.1) is 11.3 Å². The van der Waals surface area contributed by atoms with Crippen molar-refractivity contribution >= 4 is 28.2 Å². The second kappa shape index (κ2) is 5.09. The van der Waals surface area contributed by atoms with Crippen LogP contribution in [0.2, 0.25) is 0 Å². The van der Waals surface area contributed by atoms with E-state index < -0.39 is 5.97 Å². The van der Waals surface area contributed by atoms with Crippen molar-refractivity contribution in [3.8, 4) is 0 Å². The first-order chi connectivity index (χ1) is 9.67. The maximum Gasteiger partial charge on any atom is 0.335 e. The van der Waals surface area contributed by atoms with Gasteiger partial charge in [0, 0.05) is 17.1 Å². The molecule has 5 heteroatoms. The highest BCUT2D eigenvalue weighted by molar-refractivity contribution is 7.09. The third kappa shape index (κ3) is 2.32. The number of rotatable bonds is 4. The van der Waals surface area contributed by atoms with Gasteiger partial charge in [-0.05, 0) is 30.0 Å². The summed E-state index contributed by atoms with van der Waals surface area (Å²) in [5, 5.41) is 13.3. The lowest BCUT2D eigenvalue weighted by atomic mass is 10.1. The van der Waals surface area contributed by atoms with Gasteiger partial charge in [-0.2, -0.15) is 0 Å². The Bertz CT molecular complexity index is 773. The van der Waals surface area contributed by atoms with Crippen LogP contribution in [0.1, 0.15) is 28.0 Å². The van der Waals surface area contributed by atoms with E-state index in [0.717, 1.165) is 28.0 Å². The van der Waals surface area contributed by atoms with Crippen LogP contribution in [0.3, 0.4) is 0 Å². The van der Waals surface area contributed by atoms with Crippen molar-refractivity contribution in [3.63, 3.8) is 0 Å². The highest BCUT2D eigenvalue weighted by Crippen LogP contribution is 2.20. The Kier molecular flexibility index (Phi) is 3.28. The molecule has 0 unspecified atom stereocenters. The zero-order valence-electron chi connectivity index (χ0n) is 11.0. The lowest BCUT2D eigenvalue weighted by Gasteiger charge is -2.04. The zero-order chi connectivity index (χ0) is 14.1. The van der Waals surface area contributed by atoms with Gasteiger partial charge in [0.2, 0.25) is 0 Å². The lowest BCUT2D eigenvalue weighted by molar-refractivity contribution is 0.0697. The Morgan fingerprint density at radius 3 is 2.95 bits per heavy atom. The fourth-order valence-electron chi connectivity index (χ4n) is 2.21. The predicted octanol–water partition coefficient (Wildman–Crippen LogP) is 3.41. The molecule has 0 aliphatic carbocycles. The zero-order valence-corrected chi connectivity index (χ0v) is 11.9. The van der Waals surface area contributed by atoms with Crippen molar-refractivity contribution in [2.24, 2.45) is 0 Å². The summed E-state index contributed by atoms with van der Waals surface area (Å²) in [6.07, 6.45) is 2.92. The number of thiazole rings is 1. The fourth-order valence-corrected chi connectivity index (χ4v) is 2.95. The number of carboxylic acids is 1. The van der Waals surface area contributed by atoms with Gasteiger partial charge in [0.1, 0.15) is 0 Å². The molecule has 0 aliphatic rings. The summed E-state index contributed by atoms with van der Waals surface area (Å²) in [5.74, 6) is -0.901. The van der Waals surface area contributed by atoms with Gasteiger partial charge in [0.05, 0.1) is 22.8 Å². The van der Waals surface area contributed by atoms with Gasteiger partial charge in [0.15, 0.2) is 0 Å². The molecule has 20 heavy (non-hydrogen) atoms. The molecule has 0 bridgehead atoms. The Hall–Kier alpha value is -2.14. The number of aromatic carboxylic acids is 1. The van der Waals surface area contributed by atoms with Crippen LogP contribution in [-0.4, -0.2) is 20.6 Å². The number of carboxylic acid groups (broad SMARTS) is 1. The number of aromatic nitrogens is 2. The van der Waals surface area contributed by atoms with Crippen LogP contribution in [0.5, 0.6) is 0 Å². The summed E-state index contributed by atoms with van der Waals surface area (Å²) >= 11 is 1.67. The topological polar surface area (TPSA) is 55.1 Å². The van der Waals surface area contributed by atoms with E-state index >= 15 is 0 Å². The van der Waals surface area contributed by atoms with Crippen molar-refractivity contribution in [3.05, 3.63) is 52.1 Å². The number of aryl methyl sites for hydroxylation is 1. The Balaban J connectivity index is 1.98. The highest BCUT2D eigenvalue weighted by atomic mass is 32.1. The minimum Gasteiger partial charge on any atom is -0.478 e. The van der Waals surface area contributed by atoms with Crippen molar-refractivity contribution in [2.75, 3.05) is 0 Å². The molecule has 3 aromatic rings. The fraction of sp³-hybridized carbons (Fsp3) is 0.200. The van der Waals surface area contributed by atoms with Gasteiger partial charge < -0.3 is 9.67 Å². The first-order valence-corrected chi connectivity index (χ1v) is 7.31. The summed E-state index contributed by atoms with van der Waals surface area (Å²) < 4.78 is 2.04.